The van der Waals surface area contributed by atoms with Crippen LogP contribution in [0.25, 0.3) is 11.0 Å². The number of nitrogens with one attached hydrogen (secondary N) is 1. The molecule has 0 saturated carbocycles. The number of halogens is 1. The molecule has 6 rings (SSSR count). The van der Waals surface area contributed by atoms with Crippen LogP contribution >= 0.6 is 11.3 Å². The highest BCUT2D eigenvalue weighted by molar-refractivity contribution is 7.07. The number of H-pyrrole nitrogens is 1. The van der Waals surface area contributed by atoms with Gasteiger partial charge in [0.05, 0.1) is 23.6 Å². The Kier molecular flexibility index (Phi) is 6.00. The molecule has 2 aromatic carbocycles. The van der Waals surface area contributed by atoms with Crippen molar-refractivity contribution in [2.45, 2.75) is 38.0 Å². The minimum Gasteiger partial charge on any atom is -0.484 e. The molecule has 0 bridgehead atoms. The Bertz CT molecular complexity index is 1340. The van der Waals surface area contributed by atoms with E-state index in [2.05, 4.69) is 32.8 Å². The highest BCUT2D eigenvalue weighted by Crippen LogP contribution is 2.34. The van der Waals surface area contributed by atoms with Gasteiger partial charge in [-0.05, 0) is 60.4 Å². The summed E-state index contributed by atoms with van der Waals surface area (Å²) in [5.74, 6) is 1.40. The smallest absolute Gasteiger partial charge is 0.237 e. The first kappa shape index (κ1) is 22.2. The fraction of sp³-hybridized carbons (Fsp3) is 0.333. The van der Waals surface area contributed by atoms with Crippen LogP contribution < -0.4 is 4.74 Å². The van der Waals surface area contributed by atoms with Crippen LogP contribution in [0.15, 0.2) is 59.3 Å². The number of ether oxygens (including phenoxy) is 1. The topological polar surface area (TPSA) is 61.5 Å². The van der Waals surface area contributed by atoms with Gasteiger partial charge in [0.1, 0.15) is 23.5 Å². The minimum absolute atomic E-state index is 0.0878. The Balaban J connectivity index is 1.24. The third kappa shape index (κ3) is 4.56. The maximum Gasteiger partial charge on any atom is 0.237 e. The molecular weight excluding hydrogens is 463 g/mol. The maximum absolute atomic E-state index is 13.7. The molecule has 180 valence electrons. The average molecular weight is 491 g/mol. The van der Waals surface area contributed by atoms with E-state index < -0.39 is 0 Å². The number of aromatic amines is 1. The number of amides is 1. The highest BCUT2D eigenvalue weighted by atomic mass is 32.1. The van der Waals surface area contributed by atoms with Gasteiger partial charge in [-0.2, -0.15) is 11.3 Å². The van der Waals surface area contributed by atoms with Crippen LogP contribution in [0.5, 0.6) is 5.75 Å². The lowest BCUT2D eigenvalue weighted by Crippen LogP contribution is -2.45. The van der Waals surface area contributed by atoms with E-state index in [0.717, 1.165) is 47.5 Å². The van der Waals surface area contributed by atoms with Gasteiger partial charge in [-0.1, -0.05) is 18.2 Å². The summed E-state index contributed by atoms with van der Waals surface area (Å²) in [6.07, 6.45) is 2.73. The van der Waals surface area contributed by atoms with Gasteiger partial charge in [0.15, 0.2) is 0 Å². The number of carbonyl (C=O) groups is 1. The fourth-order valence-electron chi connectivity index (χ4n) is 5.19. The lowest BCUT2D eigenvalue weighted by Gasteiger charge is -2.36. The van der Waals surface area contributed by atoms with Gasteiger partial charge < -0.3 is 14.6 Å². The number of rotatable bonds is 4. The van der Waals surface area contributed by atoms with E-state index in [9.17, 15) is 9.18 Å². The third-order valence-electron chi connectivity index (χ3n) is 6.93. The summed E-state index contributed by atoms with van der Waals surface area (Å²) in [6, 6.07) is 14.6. The van der Waals surface area contributed by atoms with Crippen molar-refractivity contribution in [2.75, 3.05) is 19.6 Å². The Morgan fingerprint density at radius 3 is 3.00 bits per heavy atom. The molecule has 6 nitrogen and oxygen atoms in total. The molecule has 0 aliphatic carbocycles. The van der Waals surface area contributed by atoms with E-state index in [-0.39, 0.29) is 23.9 Å². The van der Waals surface area contributed by atoms with Crippen molar-refractivity contribution in [2.24, 2.45) is 0 Å². The van der Waals surface area contributed by atoms with Crippen LogP contribution in [0.1, 0.15) is 48.4 Å². The number of thiophene rings is 1. The Morgan fingerprint density at radius 1 is 1.20 bits per heavy atom. The van der Waals surface area contributed by atoms with E-state index in [4.69, 9.17) is 9.72 Å². The van der Waals surface area contributed by atoms with Crippen LogP contribution in [0.4, 0.5) is 4.39 Å². The average Bonchev–Trinajstić information content (AvgIpc) is 3.51. The first-order valence-electron chi connectivity index (χ1n) is 12.1. The predicted molar refractivity (Wildman–Crippen MR) is 134 cm³/mol. The molecule has 0 unspecified atom stereocenters. The van der Waals surface area contributed by atoms with Gasteiger partial charge in [0.25, 0.3) is 0 Å². The Hall–Kier alpha value is -3.23. The van der Waals surface area contributed by atoms with Crippen LogP contribution in [0.2, 0.25) is 0 Å². The number of benzene rings is 2. The summed E-state index contributed by atoms with van der Waals surface area (Å²) in [5, 5.41) is 4.17. The number of imidazole rings is 1. The number of hydrogen-bond acceptors (Lipinski definition) is 5. The molecule has 1 N–H and O–H groups in total. The zero-order valence-electron chi connectivity index (χ0n) is 19.3. The van der Waals surface area contributed by atoms with Gasteiger partial charge in [-0.15, -0.1) is 0 Å². The molecule has 0 radical (unpaired) electrons. The number of likely N-dealkylation sites (tertiary alicyclic amines) is 1. The van der Waals surface area contributed by atoms with Crippen molar-refractivity contribution in [1.29, 1.82) is 0 Å². The molecule has 1 saturated heterocycles. The number of nitrogens with zero attached hydrogens (tertiary/aromatic N) is 3. The molecule has 2 atom stereocenters. The van der Waals surface area contributed by atoms with Crippen molar-refractivity contribution in [1.82, 2.24) is 19.8 Å². The van der Waals surface area contributed by atoms with Gasteiger partial charge in [-0.25, -0.2) is 9.37 Å². The van der Waals surface area contributed by atoms with Crippen molar-refractivity contribution in [3.05, 3.63) is 82.1 Å². The van der Waals surface area contributed by atoms with E-state index in [0.29, 0.717) is 31.7 Å². The summed E-state index contributed by atoms with van der Waals surface area (Å²) in [4.78, 5) is 25.8. The molecule has 1 fully saturated rings. The molecule has 2 aliphatic heterocycles. The standard InChI is InChI=1S/C27H27FN4O2S/c28-20-8-9-21-22(13-20)30-27(29-21)23-6-3-4-11-32(23)26(33)16-31-14-18-5-1-2-7-24(18)34-25(15-31)19-10-12-35-17-19/h1-2,5,7-10,12-13,17,23,25H,3-4,6,11,14-16H2,(H,29,30)/t23-,25-/m1/s1. The number of fused-ring (bicyclic) bond motifs is 2. The lowest BCUT2D eigenvalue weighted by molar-refractivity contribution is -0.136. The fourth-order valence-corrected chi connectivity index (χ4v) is 5.89. The second-order valence-corrected chi connectivity index (χ2v) is 10.1. The minimum atomic E-state index is -0.298. The van der Waals surface area contributed by atoms with E-state index in [1.165, 1.54) is 12.1 Å². The van der Waals surface area contributed by atoms with Crippen LogP contribution in [0, 0.1) is 5.82 Å². The second-order valence-electron chi connectivity index (χ2n) is 9.32. The third-order valence-corrected chi connectivity index (χ3v) is 7.64. The number of aromatic nitrogens is 2. The molecule has 35 heavy (non-hydrogen) atoms. The molecule has 4 aromatic rings. The predicted octanol–water partition coefficient (Wildman–Crippen LogP) is 5.45. The summed E-state index contributed by atoms with van der Waals surface area (Å²) in [6.45, 7) is 2.30. The Morgan fingerprint density at radius 2 is 2.11 bits per heavy atom. The zero-order valence-corrected chi connectivity index (χ0v) is 20.1. The van der Waals surface area contributed by atoms with Gasteiger partial charge >= 0.3 is 0 Å². The SMILES string of the molecule is O=C(CN1Cc2ccccc2O[C@@H](c2ccsc2)C1)N1CCCC[C@@H]1c1nc2ccc(F)cc2[nH]1. The molecule has 4 heterocycles. The number of piperidine rings is 1. The van der Waals surface area contributed by atoms with E-state index in [1.807, 2.05) is 23.1 Å². The van der Waals surface area contributed by atoms with Crippen molar-refractivity contribution < 1.29 is 13.9 Å². The largest absolute Gasteiger partial charge is 0.484 e. The molecular formula is C27H27FN4O2S. The molecule has 8 heteroatoms. The summed E-state index contributed by atoms with van der Waals surface area (Å²) >= 11 is 1.65. The van der Waals surface area contributed by atoms with Crippen LogP contribution in [-0.2, 0) is 11.3 Å². The summed E-state index contributed by atoms with van der Waals surface area (Å²) < 4.78 is 20.1. The summed E-state index contributed by atoms with van der Waals surface area (Å²) in [5.41, 5.74) is 3.61. The molecule has 1 amide bonds. The second kappa shape index (κ2) is 9.43. The van der Waals surface area contributed by atoms with Crippen LogP contribution in [-0.4, -0.2) is 45.3 Å². The van der Waals surface area contributed by atoms with Crippen molar-refractivity contribution >= 4 is 28.3 Å². The number of hydrogen-bond donors (Lipinski definition) is 1. The maximum atomic E-state index is 13.7. The monoisotopic (exact) mass is 490 g/mol. The Labute approximate surface area is 207 Å². The number of carbonyl (C=O) groups excluding carboxylic acids is 1. The van der Waals surface area contributed by atoms with Crippen molar-refractivity contribution in [3.8, 4) is 5.75 Å². The van der Waals surface area contributed by atoms with E-state index in [1.54, 1.807) is 17.4 Å². The normalized spacial score (nSPS) is 20.9. The summed E-state index contributed by atoms with van der Waals surface area (Å²) in [7, 11) is 0. The lowest BCUT2D eigenvalue weighted by atomic mass is 10.0. The van der Waals surface area contributed by atoms with Gasteiger partial charge in [-0.3, -0.25) is 9.69 Å². The first-order valence-corrected chi connectivity index (χ1v) is 13.0. The van der Waals surface area contributed by atoms with Crippen LogP contribution in [0.3, 0.4) is 0 Å². The zero-order chi connectivity index (χ0) is 23.8. The first-order chi connectivity index (χ1) is 17.1. The molecule has 0 spiro atoms. The van der Waals surface area contributed by atoms with Gasteiger partial charge in [0, 0.05) is 30.8 Å². The quantitative estimate of drug-likeness (QED) is 0.413. The van der Waals surface area contributed by atoms with Crippen molar-refractivity contribution in [3.63, 3.8) is 0 Å². The number of para-hydroxylation sites is 1. The van der Waals surface area contributed by atoms with E-state index >= 15 is 0 Å². The molecule has 2 aromatic heterocycles. The van der Waals surface area contributed by atoms with Gasteiger partial charge in [0.2, 0.25) is 5.91 Å². The molecule has 2 aliphatic rings. The highest BCUT2D eigenvalue weighted by Gasteiger charge is 2.33.